The van der Waals surface area contributed by atoms with E-state index in [1.54, 1.807) is 35.5 Å². The van der Waals surface area contributed by atoms with E-state index in [1.165, 1.54) is 36.4 Å². The number of carbonyl (C=O) groups is 1. The van der Waals surface area contributed by atoms with Crippen molar-refractivity contribution < 1.29 is 13.6 Å². The second-order valence-corrected chi connectivity index (χ2v) is 9.10. The third-order valence-corrected chi connectivity index (χ3v) is 6.41. The average Bonchev–Trinajstić information content (AvgIpc) is 3.39. The summed E-state index contributed by atoms with van der Waals surface area (Å²) in [4.78, 5) is 17.2. The Morgan fingerprint density at radius 3 is 2.32 bits per heavy atom. The Kier molecular flexibility index (Phi) is 6.17. The van der Waals surface area contributed by atoms with E-state index in [4.69, 9.17) is 16.7 Å². The van der Waals surface area contributed by atoms with Gasteiger partial charge >= 0.3 is 0 Å². The summed E-state index contributed by atoms with van der Waals surface area (Å²) in [6, 6.07) is 19.2. The molecule has 1 unspecified atom stereocenters. The molecule has 170 valence electrons. The number of benzene rings is 3. The number of aliphatic imine (C=N–C) groups is 1. The Labute approximate surface area is 203 Å². The molecule has 0 saturated carbocycles. The van der Waals surface area contributed by atoms with E-state index in [-0.39, 0.29) is 22.9 Å². The van der Waals surface area contributed by atoms with Crippen LogP contribution in [-0.2, 0) is 0 Å². The number of halogens is 3. The van der Waals surface area contributed by atoms with Gasteiger partial charge in [0, 0.05) is 17.6 Å². The Morgan fingerprint density at radius 1 is 1.00 bits per heavy atom. The van der Waals surface area contributed by atoms with Crippen molar-refractivity contribution in [1.82, 2.24) is 10.3 Å². The van der Waals surface area contributed by atoms with Crippen LogP contribution >= 0.6 is 23.4 Å². The van der Waals surface area contributed by atoms with Crippen LogP contribution in [0.3, 0.4) is 0 Å². The molecule has 1 amide bonds. The maximum atomic E-state index is 13.5. The van der Waals surface area contributed by atoms with Crippen LogP contribution < -0.4 is 5.32 Å². The zero-order valence-corrected chi connectivity index (χ0v) is 19.2. The Hall–Kier alpha value is -3.49. The standard InChI is InChI=1S/C25H17ClF2N4OS/c26-17-5-1-15(2-6-17)21-13-22(16-3-7-18(27)8-4-16)32(31-21)14-23-24(30-25(33)34-23)29-20-11-9-19(28)10-12-20/h1-12,14,22H,13H2,(H,29,30,33)/b23-14-. The van der Waals surface area contributed by atoms with Crippen LogP contribution in [0.2, 0.25) is 5.02 Å². The molecule has 2 heterocycles. The van der Waals surface area contributed by atoms with Crippen LogP contribution in [0, 0.1) is 11.6 Å². The molecule has 2 aliphatic heterocycles. The summed E-state index contributed by atoms with van der Waals surface area (Å²) in [5.74, 6) is -0.331. The minimum absolute atomic E-state index is 0.206. The van der Waals surface area contributed by atoms with Crippen LogP contribution in [0.5, 0.6) is 0 Å². The fourth-order valence-electron chi connectivity index (χ4n) is 3.69. The summed E-state index contributed by atoms with van der Waals surface area (Å²) in [5.41, 5.74) is 3.14. The van der Waals surface area contributed by atoms with Crippen LogP contribution in [0.1, 0.15) is 23.6 Å². The van der Waals surface area contributed by atoms with Crippen molar-refractivity contribution in [1.29, 1.82) is 0 Å². The number of hydrogen-bond acceptors (Lipinski definition) is 5. The molecule has 0 bridgehead atoms. The Bertz CT molecular complexity index is 1320. The predicted molar refractivity (Wildman–Crippen MR) is 131 cm³/mol. The molecule has 3 aromatic rings. The highest BCUT2D eigenvalue weighted by Gasteiger charge is 2.31. The molecule has 0 aromatic heterocycles. The zero-order chi connectivity index (χ0) is 23.7. The van der Waals surface area contributed by atoms with Crippen LogP contribution in [0.15, 0.2) is 94.0 Å². The quantitative estimate of drug-likeness (QED) is 0.434. The maximum absolute atomic E-state index is 13.5. The molecule has 34 heavy (non-hydrogen) atoms. The molecule has 5 rings (SSSR count). The highest BCUT2D eigenvalue weighted by Crippen LogP contribution is 2.36. The van der Waals surface area contributed by atoms with Gasteiger partial charge in [-0.25, -0.2) is 13.8 Å². The third kappa shape index (κ3) is 4.88. The van der Waals surface area contributed by atoms with E-state index in [0.717, 1.165) is 28.6 Å². The molecule has 1 N–H and O–H groups in total. The topological polar surface area (TPSA) is 57.1 Å². The van der Waals surface area contributed by atoms with Crippen molar-refractivity contribution in [2.75, 3.05) is 0 Å². The lowest BCUT2D eigenvalue weighted by atomic mass is 9.98. The monoisotopic (exact) mass is 494 g/mol. The van der Waals surface area contributed by atoms with Crippen molar-refractivity contribution in [2.45, 2.75) is 12.5 Å². The van der Waals surface area contributed by atoms with E-state index in [0.29, 0.717) is 27.9 Å². The summed E-state index contributed by atoms with van der Waals surface area (Å²) in [6.07, 6.45) is 2.33. The van der Waals surface area contributed by atoms with E-state index in [2.05, 4.69) is 10.3 Å². The molecule has 0 spiro atoms. The normalized spacial score (nSPS) is 20.2. The molecule has 0 radical (unpaired) electrons. The number of amides is 1. The van der Waals surface area contributed by atoms with Gasteiger partial charge in [-0.3, -0.25) is 9.80 Å². The van der Waals surface area contributed by atoms with Gasteiger partial charge in [-0.05, 0) is 71.4 Å². The van der Waals surface area contributed by atoms with Crippen LogP contribution in [0.4, 0.5) is 19.3 Å². The largest absolute Gasteiger partial charge is 0.300 e. The lowest BCUT2D eigenvalue weighted by Crippen LogP contribution is -2.20. The Morgan fingerprint density at radius 2 is 1.65 bits per heavy atom. The number of thioether (sulfide) groups is 1. The highest BCUT2D eigenvalue weighted by atomic mass is 35.5. The van der Waals surface area contributed by atoms with Gasteiger partial charge in [-0.15, -0.1) is 0 Å². The van der Waals surface area contributed by atoms with Gasteiger partial charge in [0.1, 0.15) is 17.5 Å². The molecule has 2 aliphatic rings. The van der Waals surface area contributed by atoms with Gasteiger partial charge in [0.05, 0.1) is 22.3 Å². The first-order chi connectivity index (χ1) is 16.4. The van der Waals surface area contributed by atoms with Gasteiger partial charge in [0.2, 0.25) is 0 Å². The smallest absolute Gasteiger partial charge is 0.289 e. The molecule has 1 saturated heterocycles. The first kappa shape index (κ1) is 22.3. The maximum Gasteiger partial charge on any atom is 0.289 e. The SMILES string of the molecule is O=C1NC(=Nc2ccc(F)cc2)/C(=C/N2N=C(c3ccc(Cl)cc3)CC2c2ccc(F)cc2)S1. The Balaban J connectivity index is 1.52. The van der Waals surface area contributed by atoms with Crippen molar-refractivity contribution in [3.05, 3.63) is 112 Å². The molecule has 0 aliphatic carbocycles. The van der Waals surface area contributed by atoms with Crippen LogP contribution in [-0.4, -0.2) is 21.8 Å². The molecular weight excluding hydrogens is 478 g/mol. The number of carbonyl (C=O) groups excluding carboxylic acids is 1. The fourth-order valence-corrected chi connectivity index (χ4v) is 4.51. The van der Waals surface area contributed by atoms with Crippen molar-refractivity contribution >= 4 is 45.8 Å². The van der Waals surface area contributed by atoms with E-state index in [1.807, 2.05) is 12.1 Å². The lowest BCUT2D eigenvalue weighted by Gasteiger charge is -2.20. The first-order valence-corrected chi connectivity index (χ1v) is 11.6. The second-order valence-electron chi connectivity index (χ2n) is 7.65. The van der Waals surface area contributed by atoms with Crippen molar-refractivity contribution in [2.24, 2.45) is 10.1 Å². The van der Waals surface area contributed by atoms with E-state index < -0.39 is 0 Å². The summed E-state index contributed by atoms with van der Waals surface area (Å²) in [5, 5.41) is 9.64. The molecule has 1 fully saturated rings. The highest BCUT2D eigenvalue weighted by molar-refractivity contribution is 8.18. The van der Waals surface area contributed by atoms with E-state index in [9.17, 15) is 13.6 Å². The van der Waals surface area contributed by atoms with Gasteiger partial charge < -0.3 is 5.32 Å². The van der Waals surface area contributed by atoms with Gasteiger partial charge in [0.25, 0.3) is 5.24 Å². The minimum Gasteiger partial charge on any atom is -0.300 e. The van der Waals surface area contributed by atoms with E-state index >= 15 is 0 Å². The number of hydrazone groups is 1. The number of amidine groups is 1. The molecule has 9 heteroatoms. The van der Waals surface area contributed by atoms with Crippen LogP contribution in [0.25, 0.3) is 0 Å². The van der Waals surface area contributed by atoms with Gasteiger partial charge in [0.15, 0.2) is 0 Å². The summed E-state index contributed by atoms with van der Waals surface area (Å²) in [7, 11) is 0. The summed E-state index contributed by atoms with van der Waals surface area (Å²) in [6.45, 7) is 0. The fraction of sp³-hybridized carbons (Fsp3) is 0.0800. The molecule has 5 nitrogen and oxygen atoms in total. The summed E-state index contributed by atoms with van der Waals surface area (Å²) < 4.78 is 26.8. The van der Waals surface area contributed by atoms with Gasteiger partial charge in [-0.1, -0.05) is 35.9 Å². The number of rotatable bonds is 4. The van der Waals surface area contributed by atoms with Crippen molar-refractivity contribution in [3.63, 3.8) is 0 Å². The van der Waals surface area contributed by atoms with Gasteiger partial charge in [-0.2, -0.15) is 5.10 Å². The van der Waals surface area contributed by atoms with Crippen molar-refractivity contribution in [3.8, 4) is 0 Å². The lowest BCUT2D eigenvalue weighted by molar-refractivity contribution is 0.265. The molecular formula is C25H17ClF2N4OS. The molecule has 3 aromatic carbocycles. The summed E-state index contributed by atoms with van der Waals surface area (Å²) >= 11 is 7.03. The molecule has 1 atom stereocenters. The first-order valence-electron chi connectivity index (χ1n) is 10.4. The average molecular weight is 495 g/mol. The second kappa shape index (κ2) is 9.40. The number of nitrogens with one attached hydrogen (secondary N) is 1. The zero-order valence-electron chi connectivity index (χ0n) is 17.6. The number of hydrogen-bond donors (Lipinski definition) is 1. The number of nitrogens with zero attached hydrogens (tertiary/aromatic N) is 3. The minimum atomic E-state index is -0.368. The predicted octanol–water partition coefficient (Wildman–Crippen LogP) is 6.80. The third-order valence-electron chi connectivity index (χ3n) is 5.35.